The van der Waals surface area contributed by atoms with Gasteiger partial charge in [0.05, 0.1) is 18.3 Å². The molecule has 0 aliphatic heterocycles. The molecule has 0 aliphatic rings. The van der Waals surface area contributed by atoms with Crippen LogP contribution in [-0.4, -0.2) is 56.5 Å². The number of hydrogen-bond donors (Lipinski definition) is 4. The van der Waals surface area contributed by atoms with Crippen LogP contribution >= 0.6 is 0 Å². The average Bonchev–Trinajstić information content (AvgIpc) is 3.00. The summed E-state index contributed by atoms with van der Waals surface area (Å²) in [6.45, 7) is 13.4. The molecule has 0 fully saturated rings. The second-order valence-corrected chi connectivity index (χ2v) is 11.5. The van der Waals surface area contributed by atoms with Gasteiger partial charge < -0.3 is 20.4 Å². The van der Waals surface area contributed by atoms with E-state index in [2.05, 4.69) is 4.99 Å². The van der Waals surface area contributed by atoms with Crippen LogP contribution in [0.2, 0.25) is 0 Å². The third kappa shape index (κ3) is 21.7. The Morgan fingerprint density at radius 1 is 0.667 bits per heavy atom. The summed E-state index contributed by atoms with van der Waals surface area (Å²) in [5.74, 6) is -1.31. The van der Waals surface area contributed by atoms with E-state index in [0.29, 0.717) is 6.42 Å². The van der Waals surface area contributed by atoms with Crippen LogP contribution in [-0.2, 0) is 4.79 Å². The number of carboxylic acid groups (broad SMARTS) is 1. The molecule has 6 heteroatoms. The summed E-state index contributed by atoms with van der Waals surface area (Å²) in [7, 11) is 0. The highest BCUT2D eigenvalue weighted by atomic mass is 16.4. The Kier molecular flexibility index (Phi) is 23.7. The summed E-state index contributed by atoms with van der Waals surface area (Å²) in [6.07, 6.45) is 35.8. The molecule has 248 valence electrons. The number of aliphatic imine (C=N–C) groups is 1. The normalized spacial score (nSPS) is 18.5. The largest absolute Gasteiger partial charge is 0.478 e. The fraction of sp³-hybridized carbons (Fsp3) is 0.436. The average molecular weight is 620 g/mol. The Balaban J connectivity index is 4.42. The molecule has 0 radical (unpaired) electrons. The van der Waals surface area contributed by atoms with Crippen molar-refractivity contribution in [3.8, 4) is 0 Å². The molecule has 0 aliphatic carbocycles. The lowest BCUT2D eigenvalue weighted by atomic mass is 9.88. The zero-order valence-electron chi connectivity index (χ0n) is 28.3. The number of carbonyl (C=O) groups is 1. The van der Waals surface area contributed by atoms with Gasteiger partial charge in [-0.3, -0.25) is 4.99 Å². The quantitative estimate of drug-likeness (QED) is 0.0342. The fourth-order valence-electron chi connectivity index (χ4n) is 3.98. The molecule has 0 saturated carbocycles. The number of allylic oxidation sites excluding steroid dienone is 16. The van der Waals surface area contributed by atoms with Crippen LogP contribution < -0.4 is 0 Å². The van der Waals surface area contributed by atoms with Crippen molar-refractivity contribution in [2.24, 2.45) is 22.7 Å². The van der Waals surface area contributed by atoms with Crippen LogP contribution in [0.25, 0.3) is 0 Å². The molecule has 0 spiro atoms. The molecule has 0 rings (SSSR count). The predicted octanol–water partition coefficient (Wildman–Crippen LogP) is 8.05. The van der Waals surface area contributed by atoms with Gasteiger partial charge in [0.15, 0.2) is 0 Å². The van der Waals surface area contributed by atoms with E-state index in [1.165, 1.54) is 0 Å². The van der Waals surface area contributed by atoms with Crippen LogP contribution in [0.15, 0.2) is 126 Å². The van der Waals surface area contributed by atoms with Crippen molar-refractivity contribution < 1.29 is 25.2 Å². The van der Waals surface area contributed by atoms with E-state index >= 15 is 0 Å². The first-order chi connectivity index (χ1) is 21.4. The smallest absolute Gasteiger partial charge is 0.331 e. The summed E-state index contributed by atoms with van der Waals surface area (Å²) in [4.78, 5) is 15.2. The molecule has 6 unspecified atom stereocenters. The minimum absolute atomic E-state index is 0.0336. The molecule has 0 heterocycles. The highest BCUT2D eigenvalue weighted by Gasteiger charge is 2.24. The van der Waals surface area contributed by atoms with Crippen molar-refractivity contribution in [3.63, 3.8) is 0 Å². The molecular weight excluding hydrogens is 562 g/mol. The standard InChI is InChI=1S/C39H57NO5/c1-30(2)40-35(7)33(5)36(41)28-24-20-16-11-9-8-10-12-17-21-25-29-37(42)34(6)38(43)31(3)26-22-18-14-13-15-19-23-27-32(4)39(44)45/h8-13,15-17,19-27,29-31,33-34,36-38,41-43H,14,18,28H2,1-7H3,(H,44,45)/b9-8+,12-10+,15-13+,16-11+,21-17+,23-19+,24-20+,26-22+,29-25+,32-27+,40-35?. The highest BCUT2D eigenvalue weighted by molar-refractivity contribution is 5.86. The lowest BCUT2D eigenvalue weighted by Gasteiger charge is -2.25. The number of unbranched alkanes of at least 4 members (excludes halogenated alkanes) is 1. The monoisotopic (exact) mass is 619 g/mol. The van der Waals surface area contributed by atoms with Crippen LogP contribution in [0.1, 0.15) is 67.7 Å². The number of aliphatic hydroxyl groups excluding tert-OH is 3. The SMILES string of the molecule is CC(=NC(C)C)C(C)C(O)C/C=C/C=C/C=C/C=C/C=C/C=C/C(O)C(C)C(O)C(C)/C=C/CC/C=C/C=C/C=C(\C)C(=O)O. The van der Waals surface area contributed by atoms with E-state index in [4.69, 9.17) is 5.11 Å². The fourth-order valence-corrected chi connectivity index (χ4v) is 3.98. The number of aliphatic carboxylic acids is 1. The van der Waals surface area contributed by atoms with Crippen LogP contribution in [0.3, 0.4) is 0 Å². The molecule has 4 N–H and O–H groups in total. The lowest BCUT2D eigenvalue weighted by Crippen LogP contribution is -2.32. The van der Waals surface area contributed by atoms with Crippen molar-refractivity contribution in [1.29, 1.82) is 0 Å². The summed E-state index contributed by atoms with van der Waals surface area (Å²) in [5, 5.41) is 40.2. The van der Waals surface area contributed by atoms with Gasteiger partial charge in [-0.25, -0.2) is 4.79 Å². The molecule has 45 heavy (non-hydrogen) atoms. The van der Waals surface area contributed by atoms with Crippen LogP contribution in [0.5, 0.6) is 0 Å². The molecule has 6 atom stereocenters. The maximum absolute atomic E-state index is 10.7. The van der Waals surface area contributed by atoms with Crippen molar-refractivity contribution in [3.05, 3.63) is 121 Å². The first-order valence-corrected chi connectivity index (χ1v) is 15.9. The maximum Gasteiger partial charge on any atom is 0.331 e. The maximum atomic E-state index is 10.7. The van der Waals surface area contributed by atoms with E-state index in [9.17, 15) is 20.1 Å². The minimum Gasteiger partial charge on any atom is -0.478 e. The summed E-state index contributed by atoms with van der Waals surface area (Å²) in [5.41, 5.74) is 1.27. The summed E-state index contributed by atoms with van der Waals surface area (Å²) in [6, 6.07) is 0.236. The lowest BCUT2D eigenvalue weighted by molar-refractivity contribution is -0.132. The van der Waals surface area contributed by atoms with Crippen molar-refractivity contribution in [2.75, 3.05) is 0 Å². The van der Waals surface area contributed by atoms with Crippen molar-refractivity contribution in [2.45, 2.75) is 92.1 Å². The predicted molar refractivity (Wildman–Crippen MR) is 191 cm³/mol. The molecular formula is C39H57NO5. The Labute approximate surface area is 272 Å². The Hall–Kier alpha value is -3.58. The zero-order chi connectivity index (χ0) is 34.0. The second kappa shape index (κ2) is 25.7. The second-order valence-electron chi connectivity index (χ2n) is 11.5. The molecule has 6 nitrogen and oxygen atoms in total. The van der Waals surface area contributed by atoms with E-state index in [1.54, 1.807) is 37.3 Å². The molecule has 0 amide bonds. The molecule has 0 saturated heterocycles. The van der Waals surface area contributed by atoms with E-state index in [1.807, 2.05) is 127 Å². The van der Waals surface area contributed by atoms with Gasteiger partial charge in [0.1, 0.15) is 0 Å². The van der Waals surface area contributed by atoms with Gasteiger partial charge >= 0.3 is 5.97 Å². The van der Waals surface area contributed by atoms with Crippen molar-refractivity contribution >= 4 is 11.7 Å². The minimum atomic E-state index is -0.926. The van der Waals surface area contributed by atoms with E-state index < -0.39 is 24.3 Å². The first-order valence-electron chi connectivity index (χ1n) is 15.9. The molecule has 0 aromatic carbocycles. The number of nitrogens with zero attached hydrogens (tertiary/aromatic N) is 1. The van der Waals surface area contributed by atoms with E-state index in [0.717, 1.165) is 18.6 Å². The van der Waals surface area contributed by atoms with Gasteiger partial charge in [-0.15, -0.1) is 0 Å². The number of aliphatic hydroxyl groups is 3. The van der Waals surface area contributed by atoms with Crippen LogP contribution in [0.4, 0.5) is 0 Å². The van der Waals surface area contributed by atoms with Crippen LogP contribution in [0, 0.1) is 17.8 Å². The van der Waals surface area contributed by atoms with Crippen molar-refractivity contribution in [1.82, 2.24) is 0 Å². The van der Waals surface area contributed by atoms with Gasteiger partial charge in [0, 0.05) is 35.1 Å². The Bertz CT molecular complexity index is 1160. The van der Waals surface area contributed by atoms with Gasteiger partial charge in [0.25, 0.3) is 0 Å². The van der Waals surface area contributed by atoms with Gasteiger partial charge in [-0.1, -0.05) is 136 Å². The Morgan fingerprint density at radius 3 is 1.76 bits per heavy atom. The summed E-state index contributed by atoms with van der Waals surface area (Å²) < 4.78 is 0. The Morgan fingerprint density at radius 2 is 1.18 bits per heavy atom. The molecule has 0 aromatic rings. The first kappa shape index (κ1) is 41.4. The molecule has 0 aromatic heterocycles. The number of carboxylic acids is 1. The topological polar surface area (TPSA) is 110 Å². The molecule has 0 bridgehead atoms. The van der Waals surface area contributed by atoms with Gasteiger partial charge in [-0.2, -0.15) is 0 Å². The third-order valence-corrected chi connectivity index (χ3v) is 7.12. The van der Waals surface area contributed by atoms with E-state index in [-0.39, 0.29) is 29.4 Å². The van der Waals surface area contributed by atoms with Gasteiger partial charge in [0.2, 0.25) is 0 Å². The third-order valence-electron chi connectivity index (χ3n) is 7.12. The van der Waals surface area contributed by atoms with Gasteiger partial charge in [-0.05, 0) is 47.0 Å². The number of hydrogen-bond acceptors (Lipinski definition) is 5. The highest BCUT2D eigenvalue weighted by Crippen LogP contribution is 2.19. The number of rotatable bonds is 21. The zero-order valence-corrected chi connectivity index (χ0v) is 28.3. The summed E-state index contributed by atoms with van der Waals surface area (Å²) >= 11 is 0.